The summed E-state index contributed by atoms with van der Waals surface area (Å²) in [6.45, 7) is 4.13. The van der Waals surface area contributed by atoms with Crippen molar-refractivity contribution in [2.45, 2.75) is 25.7 Å². The highest BCUT2D eigenvalue weighted by Crippen LogP contribution is 2.53. The van der Waals surface area contributed by atoms with Gasteiger partial charge in [0.05, 0.1) is 0 Å². The van der Waals surface area contributed by atoms with Crippen LogP contribution < -0.4 is 0 Å². The summed E-state index contributed by atoms with van der Waals surface area (Å²) < 4.78 is 0. The van der Waals surface area contributed by atoms with E-state index in [1.807, 2.05) is 0 Å². The molecule has 0 spiro atoms. The van der Waals surface area contributed by atoms with Gasteiger partial charge < -0.3 is 0 Å². The fourth-order valence-corrected chi connectivity index (χ4v) is 3.21. The van der Waals surface area contributed by atoms with E-state index in [9.17, 15) is 0 Å². The molecule has 0 radical (unpaired) electrons. The average Bonchev–Trinajstić information content (AvgIpc) is 2.64. The largest absolute Gasteiger partial charge is 0.0915 e. The summed E-state index contributed by atoms with van der Waals surface area (Å²) in [5.74, 6) is 1.83. The molecule has 0 aromatic carbocycles. The summed E-state index contributed by atoms with van der Waals surface area (Å²) >= 11 is 0. The summed E-state index contributed by atoms with van der Waals surface area (Å²) in [5.41, 5.74) is 4.69. The minimum absolute atomic E-state index is 0.891. The molecule has 0 aromatic rings. The number of hydrogen-bond acceptors (Lipinski definition) is 0. The number of hydrogen-bond donors (Lipinski definition) is 0. The molecule has 0 nitrogen and oxygen atoms in total. The zero-order valence-corrected chi connectivity index (χ0v) is 7.34. The summed E-state index contributed by atoms with van der Waals surface area (Å²) in [5, 5.41) is 0. The average molecular weight is 158 g/mol. The zero-order chi connectivity index (χ0) is 8.13. The Morgan fingerprint density at radius 3 is 2.92 bits per heavy atom. The van der Waals surface area contributed by atoms with Crippen LogP contribution in [-0.4, -0.2) is 0 Å². The second kappa shape index (κ2) is 2.12. The fraction of sp³-hybridized carbons (Fsp3) is 0.500. The van der Waals surface area contributed by atoms with Crippen LogP contribution in [0.5, 0.6) is 0 Å². The van der Waals surface area contributed by atoms with Gasteiger partial charge in [0.2, 0.25) is 0 Å². The van der Waals surface area contributed by atoms with Gasteiger partial charge in [0.25, 0.3) is 0 Å². The van der Waals surface area contributed by atoms with Gasteiger partial charge in [-0.25, -0.2) is 0 Å². The van der Waals surface area contributed by atoms with E-state index >= 15 is 0 Å². The van der Waals surface area contributed by atoms with E-state index in [4.69, 9.17) is 0 Å². The molecule has 0 aliphatic heterocycles. The van der Waals surface area contributed by atoms with Gasteiger partial charge in [-0.05, 0) is 48.7 Å². The van der Waals surface area contributed by atoms with Crippen LogP contribution >= 0.6 is 0 Å². The third-order valence-corrected chi connectivity index (χ3v) is 3.68. The summed E-state index contributed by atoms with van der Waals surface area (Å²) in [7, 11) is 0. The van der Waals surface area contributed by atoms with Crippen molar-refractivity contribution in [3.63, 3.8) is 0 Å². The monoisotopic (exact) mass is 158 g/mol. The summed E-state index contributed by atoms with van der Waals surface area (Å²) in [6.07, 6.45) is 10.0. The first kappa shape index (κ1) is 6.71. The molecule has 0 heterocycles. The summed E-state index contributed by atoms with van der Waals surface area (Å²) in [6, 6.07) is 0. The van der Waals surface area contributed by atoms with Gasteiger partial charge in [-0.2, -0.15) is 0 Å². The van der Waals surface area contributed by atoms with Crippen molar-refractivity contribution in [3.8, 4) is 0 Å². The molecule has 1 saturated carbocycles. The minimum atomic E-state index is 0.891. The molecule has 3 aliphatic carbocycles. The Kier molecular flexibility index (Phi) is 1.19. The maximum atomic E-state index is 4.13. The highest BCUT2D eigenvalue weighted by molar-refractivity contribution is 5.51. The first-order valence-electron chi connectivity index (χ1n) is 4.95. The van der Waals surface area contributed by atoms with Gasteiger partial charge in [-0.3, -0.25) is 0 Å². The maximum absolute atomic E-state index is 4.13. The molecule has 1 fully saturated rings. The van der Waals surface area contributed by atoms with Gasteiger partial charge in [-0.15, -0.1) is 0 Å². The van der Waals surface area contributed by atoms with Crippen LogP contribution in [0, 0.1) is 11.8 Å². The van der Waals surface area contributed by atoms with Crippen LogP contribution in [0.3, 0.4) is 0 Å². The molecule has 2 atom stereocenters. The molecule has 0 amide bonds. The molecule has 0 heteroatoms. The summed E-state index contributed by atoms with van der Waals surface area (Å²) in [4.78, 5) is 0. The molecule has 0 N–H and O–H groups in total. The molecular weight excluding hydrogens is 144 g/mol. The van der Waals surface area contributed by atoms with Gasteiger partial charge >= 0.3 is 0 Å². The Bertz CT molecular complexity index is 304. The molecule has 3 rings (SSSR count). The van der Waals surface area contributed by atoms with Crippen molar-refractivity contribution in [1.29, 1.82) is 0 Å². The van der Waals surface area contributed by atoms with Crippen molar-refractivity contribution in [2.24, 2.45) is 11.8 Å². The Balaban J connectivity index is 2.10. The van der Waals surface area contributed by atoms with Crippen LogP contribution in [0.2, 0.25) is 0 Å². The molecule has 0 saturated heterocycles. The number of rotatable bonds is 0. The van der Waals surface area contributed by atoms with Crippen LogP contribution in [0.1, 0.15) is 25.7 Å². The Morgan fingerprint density at radius 1 is 1.25 bits per heavy atom. The molecular formula is C12H14. The second-order valence-corrected chi connectivity index (χ2v) is 4.28. The van der Waals surface area contributed by atoms with E-state index in [-0.39, 0.29) is 0 Å². The van der Waals surface area contributed by atoms with E-state index in [0.29, 0.717) is 0 Å². The number of allylic oxidation sites excluding steroid dienone is 5. The Hall–Kier alpha value is -0.780. The van der Waals surface area contributed by atoms with E-state index < -0.39 is 0 Å². The third kappa shape index (κ3) is 0.682. The van der Waals surface area contributed by atoms with Crippen LogP contribution in [0.4, 0.5) is 0 Å². The Labute approximate surface area is 73.7 Å². The smallest absolute Gasteiger partial charge is 0.0127 e. The predicted octanol–water partition coefficient (Wildman–Crippen LogP) is 3.23. The van der Waals surface area contributed by atoms with Crippen LogP contribution in [-0.2, 0) is 0 Å². The zero-order valence-electron chi connectivity index (χ0n) is 7.34. The lowest BCUT2D eigenvalue weighted by atomic mass is 9.83. The standard InChI is InChI=1S/C12H14/c1-8-3-2-4-11-9-5-6-10(7-9)12(8)11/h2-3,9-10H,1,4-7H2. The van der Waals surface area contributed by atoms with Crippen LogP contribution in [0.25, 0.3) is 0 Å². The first-order valence-corrected chi connectivity index (χ1v) is 4.95. The molecule has 2 unspecified atom stereocenters. The lowest BCUT2D eigenvalue weighted by Crippen LogP contribution is -2.06. The van der Waals surface area contributed by atoms with Gasteiger partial charge in [0, 0.05) is 0 Å². The normalized spacial score (nSPS) is 37.8. The number of fused-ring (bicyclic) bond motifs is 4. The van der Waals surface area contributed by atoms with Crippen LogP contribution in [0.15, 0.2) is 35.5 Å². The SMILES string of the molecule is C=C1C=CCC2=C1C1CCC2C1. The molecule has 12 heavy (non-hydrogen) atoms. The van der Waals surface area contributed by atoms with Crippen molar-refractivity contribution < 1.29 is 0 Å². The van der Waals surface area contributed by atoms with Gasteiger partial charge in [-0.1, -0.05) is 24.3 Å². The maximum Gasteiger partial charge on any atom is -0.0127 e. The molecule has 62 valence electrons. The predicted molar refractivity (Wildman–Crippen MR) is 50.8 cm³/mol. The highest BCUT2D eigenvalue weighted by Gasteiger charge is 2.39. The lowest BCUT2D eigenvalue weighted by Gasteiger charge is -2.22. The lowest BCUT2D eigenvalue weighted by molar-refractivity contribution is 0.638. The molecule has 0 aromatic heterocycles. The van der Waals surface area contributed by atoms with E-state index in [2.05, 4.69) is 18.7 Å². The first-order chi connectivity index (χ1) is 5.86. The van der Waals surface area contributed by atoms with Crippen molar-refractivity contribution >= 4 is 0 Å². The Morgan fingerprint density at radius 2 is 2.08 bits per heavy atom. The van der Waals surface area contributed by atoms with E-state index in [0.717, 1.165) is 11.8 Å². The van der Waals surface area contributed by atoms with Gasteiger partial charge in [0.15, 0.2) is 0 Å². The minimum Gasteiger partial charge on any atom is -0.0915 e. The van der Waals surface area contributed by atoms with Crippen molar-refractivity contribution in [3.05, 3.63) is 35.5 Å². The quantitative estimate of drug-likeness (QED) is 0.507. The van der Waals surface area contributed by atoms with Crippen molar-refractivity contribution in [1.82, 2.24) is 0 Å². The highest BCUT2D eigenvalue weighted by atomic mass is 14.4. The third-order valence-electron chi connectivity index (χ3n) is 3.68. The fourth-order valence-electron chi connectivity index (χ4n) is 3.21. The topological polar surface area (TPSA) is 0 Å². The molecule has 2 bridgehead atoms. The van der Waals surface area contributed by atoms with E-state index in [1.165, 1.54) is 31.3 Å². The van der Waals surface area contributed by atoms with Gasteiger partial charge in [0.1, 0.15) is 0 Å². The second-order valence-electron chi connectivity index (χ2n) is 4.28. The molecule has 3 aliphatic rings. The van der Waals surface area contributed by atoms with E-state index in [1.54, 1.807) is 11.1 Å². The van der Waals surface area contributed by atoms with Crippen molar-refractivity contribution in [2.75, 3.05) is 0 Å².